The van der Waals surface area contributed by atoms with E-state index in [0.717, 1.165) is 25.7 Å². The molecule has 1 saturated heterocycles. The van der Waals surface area contributed by atoms with Crippen LogP contribution < -0.4 is 10.2 Å². The first-order valence-electron chi connectivity index (χ1n) is 11.9. The number of imidazole rings is 1. The van der Waals surface area contributed by atoms with Gasteiger partial charge in [-0.2, -0.15) is 9.97 Å². The van der Waals surface area contributed by atoms with Gasteiger partial charge < -0.3 is 19.7 Å². The van der Waals surface area contributed by atoms with Crippen LogP contribution in [0.2, 0.25) is 0 Å². The van der Waals surface area contributed by atoms with E-state index < -0.39 is 6.43 Å². The van der Waals surface area contributed by atoms with Crippen LogP contribution in [-0.2, 0) is 14.3 Å². The van der Waals surface area contributed by atoms with E-state index in [9.17, 15) is 13.6 Å². The molecule has 1 saturated carbocycles. The van der Waals surface area contributed by atoms with Gasteiger partial charge in [0.05, 0.1) is 37.3 Å². The predicted molar refractivity (Wildman–Crippen MR) is 126 cm³/mol. The fourth-order valence-corrected chi connectivity index (χ4v) is 4.80. The molecule has 5 rings (SSSR count). The molecule has 35 heavy (non-hydrogen) atoms. The van der Waals surface area contributed by atoms with Crippen LogP contribution in [0, 0.1) is 5.92 Å². The topological polar surface area (TPSA) is 94.4 Å². The van der Waals surface area contributed by atoms with Crippen molar-refractivity contribution in [1.29, 1.82) is 0 Å². The number of methoxy groups -OCH3 is 1. The number of anilines is 2. The highest BCUT2D eigenvalue weighted by Crippen LogP contribution is 2.31. The number of nitrogens with zero attached hydrogens (tertiary/aromatic N) is 5. The zero-order valence-corrected chi connectivity index (χ0v) is 19.5. The van der Waals surface area contributed by atoms with E-state index in [1.165, 1.54) is 11.7 Å². The normalized spacial score (nSPS) is 20.9. The van der Waals surface area contributed by atoms with Crippen LogP contribution >= 0.6 is 0 Å². The monoisotopic (exact) mass is 486 g/mol. The average Bonchev–Trinajstić information content (AvgIpc) is 3.29. The first-order valence-corrected chi connectivity index (χ1v) is 11.9. The van der Waals surface area contributed by atoms with E-state index in [2.05, 4.69) is 15.3 Å². The quantitative estimate of drug-likeness (QED) is 0.527. The maximum absolute atomic E-state index is 14.0. The first kappa shape index (κ1) is 23.4. The molecule has 0 bridgehead atoms. The molecule has 1 aromatic carbocycles. The number of ether oxygens (including phenoxy) is 2. The Morgan fingerprint density at radius 1 is 1.11 bits per heavy atom. The van der Waals surface area contributed by atoms with Crippen molar-refractivity contribution in [2.24, 2.45) is 5.92 Å². The molecular weight excluding hydrogens is 458 g/mol. The summed E-state index contributed by atoms with van der Waals surface area (Å²) >= 11 is 0. The molecular formula is C24H28F2N6O3. The zero-order valence-electron chi connectivity index (χ0n) is 19.5. The molecule has 1 N–H and O–H groups in total. The standard InChI is InChI=1S/C24H28F2N6O3/c1-34-23(33)15-6-8-16(9-7-15)27-19-14-20(30-24(29-19)31-10-12-35-13-11-31)32-18-5-3-2-4-17(18)28-22(32)21(25)26/h2-5,14-16,21H,6-13H2,1H3,(H,27,29,30)/t15-,16-. The lowest BCUT2D eigenvalue weighted by atomic mass is 9.86. The smallest absolute Gasteiger partial charge is 0.308 e. The Morgan fingerprint density at radius 3 is 2.57 bits per heavy atom. The molecule has 11 heteroatoms. The largest absolute Gasteiger partial charge is 0.469 e. The van der Waals surface area contributed by atoms with Crippen molar-refractivity contribution in [2.75, 3.05) is 43.6 Å². The number of fused-ring (bicyclic) bond motifs is 1. The highest BCUT2D eigenvalue weighted by molar-refractivity contribution is 5.78. The van der Waals surface area contributed by atoms with E-state index in [-0.39, 0.29) is 23.8 Å². The van der Waals surface area contributed by atoms with Crippen LogP contribution in [0.25, 0.3) is 16.9 Å². The maximum atomic E-state index is 14.0. The summed E-state index contributed by atoms with van der Waals surface area (Å²) in [6, 6.07) is 8.82. The van der Waals surface area contributed by atoms with Crippen molar-refractivity contribution >= 4 is 28.8 Å². The number of hydrogen-bond acceptors (Lipinski definition) is 8. The van der Waals surface area contributed by atoms with Gasteiger partial charge in [0, 0.05) is 25.2 Å². The number of carbonyl (C=O) groups is 1. The lowest BCUT2D eigenvalue weighted by Gasteiger charge is -2.30. The number of morpholine rings is 1. The third kappa shape index (κ3) is 4.90. The minimum atomic E-state index is -2.77. The molecule has 0 radical (unpaired) electrons. The maximum Gasteiger partial charge on any atom is 0.308 e. The molecule has 3 aromatic rings. The molecule has 3 heterocycles. The molecule has 2 aliphatic rings. The van der Waals surface area contributed by atoms with Gasteiger partial charge in [0.1, 0.15) is 11.6 Å². The van der Waals surface area contributed by atoms with Crippen molar-refractivity contribution in [3.63, 3.8) is 0 Å². The third-order valence-corrected chi connectivity index (χ3v) is 6.62. The summed E-state index contributed by atoms with van der Waals surface area (Å²) in [5.74, 6) is 0.715. The molecule has 2 fully saturated rings. The number of halogens is 2. The molecule has 0 atom stereocenters. The number of carbonyl (C=O) groups excluding carboxylic acids is 1. The molecule has 1 aliphatic carbocycles. The van der Waals surface area contributed by atoms with Crippen LogP contribution in [-0.4, -0.2) is 64.9 Å². The minimum Gasteiger partial charge on any atom is -0.469 e. The number of benzene rings is 1. The van der Waals surface area contributed by atoms with Crippen LogP contribution in [0.4, 0.5) is 20.5 Å². The summed E-state index contributed by atoms with van der Waals surface area (Å²) in [7, 11) is 1.41. The fraction of sp³-hybridized carbons (Fsp3) is 0.500. The van der Waals surface area contributed by atoms with Crippen LogP contribution in [0.3, 0.4) is 0 Å². The van der Waals surface area contributed by atoms with Gasteiger partial charge in [0.2, 0.25) is 5.95 Å². The molecule has 0 unspecified atom stereocenters. The Bertz CT molecular complexity index is 1190. The fourth-order valence-electron chi connectivity index (χ4n) is 4.80. The van der Waals surface area contributed by atoms with Gasteiger partial charge in [-0.1, -0.05) is 12.1 Å². The summed E-state index contributed by atoms with van der Waals surface area (Å²) in [5, 5.41) is 3.45. The number of alkyl halides is 2. The van der Waals surface area contributed by atoms with Crippen LogP contribution in [0.5, 0.6) is 0 Å². The SMILES string of the molecule is COC(=O)[C@H]1CC[C@H](Nc2cc(-n3c(C(F)F)nc4ccccc43)nc(N3CCOCC3)n2)CC1. The number of nitrogens with one attached hydrogen (secondary N) is 1. The van der Waals surface area contributed by atoms with Crippen molar-refractivity contribution in [1.82, 2.24) is 19.5 Å². The van der Waals surface area contributed by atoms with E-state index in [1.807, 2.05) is 4.90 Å². The molecule has 186 valence electrons. The Labute approximate surface area is 201 Å². The third-order valence-electron chi connectivity index (χ3n) is 6.62. The van der Waals surface area contributed by atoms with Crippen molar-refractivity contribution in [3.8, 4) is 5.82 Å². The Balaban J connectivity index is 1.50. The minimum absolute atomic E-state index is 0.0890. The van der Waals surface area contributed by atoms with Gasteiger partial charge in [0.25, 0.3) is 6.43 Å². The van der Waals surface area contributed by atoms with Gasteiger partial charge in [-0.3, -0.25) is 9.36 Å². The lowest BCUT2D eigenvalue weighted by Crippen LogP contribution is -2.37. The summed E-state index contributed by atoms with van der Waals surface area (Å²) in [5.41, 5.74) is 1.03. The highest BCUT2D eigenvalue weighted by atomic mass is 19.3. The van der Waals surface area contributed by atoms with Crippen LogP contribution in [0.1, 0.15) is 37.9 Å². The molecule has 9 nitrogen and oxygen atoms in total. The molecule has 0 spiro atoms. The second kappa shape index (κ2) is 10.1. The second-order valence-electron chi connectivity index (χ2n) is 8.82. The average molecular weight is 487 g/mol. The van der Waals surface area contributed by atoms with Gasteiger partial charge in [0.15, 0.2) is 5.82 Å². The summed E-state index contributed by atoms with van der Waals surface area (Å²) in [6.45, 7) is 2.31. The van der Waals surface area contributed by atoms with E-state index >= 15 is 0 Å². The zero-order chi connectivity index (χ0) is 24.4. The van der Waals surface area contributed by atoms with Crippen molar-refractivity contribution in [2.45, 2.75) is 38.2 Å². The summed E-state index contributed by atoms with van der Waals surface area (Å²) in [6.07, 6.45) is 0.236. The highest BCUT2D eigenvalue weighted by Gasteiger charge is 2.28. The van der Waals surface area contributed by atoms with Gasteiger partial charge in [-0.15, -0.1) is 0 Å². The van der Waals surface area contributed by atoms with Crippen molar-refractivity contribution < 1.29 is 23.0 Å². The predicted octanol–water partition coefficient (Wildman–Crippen LogP) is 3.73. The van der Waals surface area contributed by atoms with E-state index in [4.69, 9.17) is 14.5 Å². The number of rotatable bonds is 6. The number of hydrogen-bond donors (Lipinski definition) is 1. The number of para-hydroxylation sites is 2. The number of esters is 1. The second-order valence-corrected chi connectivity index (χ2v) is 8.82. The van der Waals surface area contributed by atoms with Gasteiger partial charge in [-0.25, -0.2) is 13.8 Å². The van der Waals surface area contributed by atoms with Crippen LogP contribution in [0.15, 0.2) is 30.3 Å². The lowest BCUT2D eigenvalue weighted by molar-refractivity contribution is -0.146. The number of aromatic nitrogens is 4. The van der Waals surface area contributed by atoms with Gasteiger partial charge >= 0.3 is 5.97 Å². The molecule has 0 amide bonds. The first-order chi connectivity index (χ1) is 17.0. The Kier molecular flexibility index (Phi) is 6.76. The Hall–Kier alpha value is -3.34. The molecule has 1 aliphatic heterocycles. The summed E-state index contributed by atoms with van der Waals surface area (Å²) in [4.78, 5) is 27.4. The van der Waals surface area contributed by atoms with Gasteiger partial charge in [-0.05, 0) is 37.8 Å². The van der Waals surface area contributed by atoms with E-state index in [0.29, 0.717) is 54.9 Å². The van der Waals surface area contributed by atoms with E-state index in [1.54, 1.807) is 30.3 Å². The molecule has 2 aromatic heterocycles. The van der Waals surface area contributed by atoms with Crippen molar-refractivity contribution in [3.05, 3.63) is 36.2 Å². The summed E-state index contributed by atoms with van der Waals surface area (Å²) < 4.78 is 39.8. The Morgan fingerprint density at radius 2 is 1.86 bits per heavy atom.